The number of hydrogen-bond donors (Lipinski definition) is 3. The number of carbonyl (C=O) groups is 1. The van der Waals surface area contributed by atoms with Gasteiger partial charge in [-0.3, -0.25) is 4.79 Å². The average Bonchev–Trinajstić information content (AvgIpc) is 3.00. The quantitative estimate of drug-likeness (QED) is 0.514. The maximum Gasteiger partial charge on any atom is 0.303 e. The lowest BCUT2D eigenvalue weighted by molar-refractivity contribution is -0.136. The molecule has 0 aliphatic heterocycles. The molecule has 2 aromatic carbocycles. The van der Waals surface area contributed by atoms with Crippen molar-refractivity contribution < 1.29 is 9.90 Å². The highest BCUT2D eigenvalue weighted by Gasteiger charge is 2.17. The third-order valence-corrected chi connectivity index (χ3v) is 4.78. The zero-order chi connectivity index (χ0) is 19.1. The van der Waals surface area contributed by atoms with Crippen LogP contribution in [0.5, 0.6) is 0 Å². The Hall–Kier alpha value is -3.61. The standard InChI is InChI=1S/C20H19N5O2/c1-25-9-8-13-17-15(23-20(22)24-19(17)21)10-14(18(13)25)12-5-3-2-4-11(12)6-7-16(26)27/h2-5,8-10H,6-7H2,1H3,(H,26,27)(H4,21,22,23,24). The van der Waals surface area contributed by atoms with Crippen LogP contribution in [-0.2, 0) is 18.3 Å². The van der Waals surface area contributed by atoms with Crippen LogP contribution in [0.4, 0.5) is 11.8 Å². The maximum absolute atomic E-state index is 11.0. The second kappa shape index (κ2) is 6.28. The Morgan fingerprint density at radius 2 is 1.93 bits per heavy atom. The molecule has 0 atom stereocenters. The van der Waals surface area contributed by atoms with Crippen LogP contribution in [0.15, 0.2) is 42.6 Å². The number of nitrogens with zero attached hydrogens (tertiary/aromatic N) is 3. The van der Waals surface area contributed by atoms with E-state index in [0.717, 1.165) is 33.0 Å². The Labute approximate surface area is 155 Å². The minimum atomic E-state index is -0.819. The molecular formula is C20H19N5O2. The summed E-state index contributed by atoms with van der Waals surface area (Å²) in [6, 6.07) is 11.8. The van der Waals surface area contributed by atoms with E-state index in [2.05, 4.69) is 9.97 Å². The minimum absolute atomic E-state index is 0.0724. The van der Waals surface area contributed by atoms with E-state index >= 15 is 0 Å². The molecule has 0 saturated carbocycles. The fourth-order valence-electron chi connectivity index (χ4n) is 3.61. The van der Waals surface area contributed by atoms with E-state index in [4.69, 9.17) is 16.6 Å². The molecule has 136 valence electrons. The molecular weight excluding hydrogens is 342 g/mol. The van der Waals surface area contributed by atoms with E-state index in [9.17, 15) is 4.79 Å². The van der Waals surface area contributed by atoms with Crippen LogP contribution in [0, 0.1) is 0 Å². The number of carboxylic acids is 1. The first kappa shape index (κ1) is 16.8. The first-order valence-corrected chi connectivity index (χ1v) is 8.56. The number of aromatic nitrogens is 3. The molecule has 0 aliphatic carbocycles. The molecule has 2 aromatic heterocycles. The lowest BCUT2D eigenvalue weighted by atomic mass is 9.94. The highest BCUT2D eigenvalue weighted by Crippen LogP contribution is 2.38. The second-order valence-electron chi connectivity index (χ2n) is 6.53. The van der Waals surface area contributed by atoms with E-state index < -0.39 is 5.97 Å². The molecule has 0 saturated heterocycles. The minimum Gasteiger partial charge on any atom is -0.481 e. The van der Waals surface area contributed by atoms with Gasteiger partial charge in [0.05, 0.1) is 16.4 Å². The Bertz CT molecular complexity index is 1200. The predicted molar refractivity (Wildman–Crippen MR) is 106 cm³/mol. The van der Waals surface area contributed by atoms with Crippen LogP contribution in [0.3, 0.4) is 0 Å². The molecule has 4 rings (SSSR count). The third kappa shape index (κ3) is 2.83. The number of carboxylic acid groups (broad SMARTS) is 1. The third-order valence-electron chi connectivity index (χ3n) is 4.78. The van der Waals surface area contributed by atoms with Crippen molar-refractivity contribution in [2.24, 2.45) is 7.05 Å². The zero-order valence-electron chi connectivity index (χ0n) is 14.8. The largest absolute Gasteiger partial charge is 0.481 e. The molecule has 5 N–H and O–H groups in total. The van der Waals surface area contributed by atoms with Crippen molar-refractivity contribution in [1.29, 1.82) is 0 Å². The molecule has 0 unspecified atom stereocenters. The molecule has 0 amide bonds. The predicted octanol–water partition coefficient (Wildman–Crippen LogP) is 2.97. The Morgan fingerprint density at radius 1 is 1.15 bits per heavy atom. The molecule has 4 aromatic rings. The van der Waals surface area contributed by atoms with Gasteiger partial charge in [0.1, 0.15) is 5.82 Å². The number of fused-ring (bicyclic) bond motifs is 3. The van der Waals surface area contributed by atoms with Crippen LogP contribution < -0.4 is 11.5 Å². The SMILES string of the molecule is Cn1ccc2c3c(N)nc(N)nc3cc(-c3ccccc3CCC(=O)O)c21. The van der Waals surface area contributed by atoms with Gasteiger partial charge in [-0.05, 0) is 29.7 Å². The monoisotopic (exact) mass is 361 g/mol. The summed E-state index contributed by atoms with van der Waals surface area (Å²) in [7, 11) is 1.96. The van der Waals surface area contributed by atoms with Gasteiger partial charge in [-0.15, -0.1) is 0 Å². The number of rotatable bonds is 4. The highest BCUT2D eigenvalue weighted by atomic mass is 16.4. The van der Waals surface area contributed by atoms with Gasteiger partial charge in [-0.1, -0.05) is 24.3 Å². The topological polar surface area (TPSA) is 120 Å². The summed E-state index contributed by atoms with van der Waals surface area (Å²) in [5.41, 5.74) is 16.5. The van der Waals surface area contributed by atoms with Gasteiger partial charge >= 0.3 is 5.97 Å². The Morgan fingerprint density at radius 3 is 2.70 bits per heavy atom. The summed E-state index contributed by atoms with van der Waals surface area (Å²) in [6.45, 7) is 0. The Kier molecular flexibility index (Phi) is 3.92. The van der Waals surface area contributed by atoms with Crippen molar-refractivity contribution in [2.45, 2.75) is 12.8 Å². The van der Waals surface area contributed by atoms with Crippen LogP contribution in [0.25, 0.3) is 32.9 Å². The number of nitrogens with two attached hydrogens (primary N) is 2. The number of aryl methyl sites for hydroxylation is 2. The van der Waals surface area contributed by atoms with E-state index in [1.54, 1.807) is 0 Å². The van der Waals surface area contributed by atoms with Gasteiger partial charge in [0, 0.05) is 30.6 Å². The summed E-state index contributed by atoms with van der Waals surface area (Å²) < 4.78 is 2.02. The smallest absolute Gasteiger partial charge is 0.303 e. The van der Waals surface area contributed by atoms with Crippen LogP contribution >= 0.6 is 0 Å². The maximum atomic E-state index is 11.0. The number of hydrogen-bond acceptors (Lipinski definition) is 5. The van der Waals surface area contributed by atoms with E-state index in [1.165, 1.54) is 0 Å². The first-order valence-electron chi connectivity index (χ1n) is 8.56. The Balaban J connectivity index is 2.05. The van der Waals surface area contributed by atoms with Gasteiger partial charge in [-0.2, -0.15) is 4.98 Å². The molecule has 0 radical (unpaired) electrons. The van der Waals surface area contributed by atoms with Crippen molar-refractivity contribution in [3.63, 3.8) is 0 Å². The number of aliphatic carboxylic acids is 1. The van der Waals surface area contributed by atoms with E-state index in [1.807, 2.05) is 54.2 Å². The van der Waals surface area contributed by atoms with Crippen molar-refractivity contribution in [1.82, 2.24) is 14.5 Å². The van der Waals surface area contributed by atoms with Gasteiger partial charge in [0.2, 0.25) is 5.95 Å². The van der Waals surface area contributed by atoms with Crippen LogP contribution in [-0.4, -0.2) is 25.6 Å². The fraction of sp³-hybridized carbons (Fsp3) is 0.150. The van der Waals surface area contributed by atoms with Crippen molar-refractivity contribution >= 4 is 39.5 Å². The molecule has 7 heteroatoms. The van der Waals surface area contributed by atoms with Crippen molar-refractivity contribution in [3.05, 3.63) is 48.2 Å². The van der Waals surface area contributed by atoms with Crippen LogP contribution in [0.2, 0.25) is 0 Å². The average molecular weight is 361 g/mol. The fourth-order valence-corrected chi connectivity index (χ4v) is 3.61. The van der Waals surface area contributed by atoms with Gasteiger partial charge < -0.3 is 21.1 Å². The van der Waals surface area contributed by atoms with Gasteiger partial charge in [-0.25, -0.2) is 4.98 Å². The molecule has 0 aliphatic rings. The number of nitrogen functional groups attached to an aromatic ring is 2. The second-order valence-corrected chi connectivity index (χ2v) is 6.53. The van der Waals surface area contributed by atoms with Crippen molar-refractivity contribution in [2.75, 3.05) is 11.5 Å². The number of benzene rings is 2. The molecule has 7 nitrogen and oxygen atoms in total. The van der Waals surface area contributed by atoms with E-state index in [0.29, 0.717) is 17.8 Å². The summed E-state index contributed by atoms with van der Waals surface area (Å²) in [4.78, 5) is 19.5. The summed E-state index contributed by atoms with van der Waals surface area (Å²) in [6.07, 6.45) is 2.48. The molecule has 0 bridgehead atoms. The van der Waals surface area contributed by atoms with Gasteiger partial charge in [0.25, 0.3) is 0 Å². The van der Waals surface area contributed by atoms with Crippen molar-refractivity contribution in [3.8, 4) is 11.1 Å². The summed E-state index contributed by atoms with van der Waals surface area (Å²) >= 11 is 0. The lowest BCUT2D eigenvalue weighted by Crippen LogP contribution is -2.02. The summed E-state index contributed by atoms with van der Waals surface area (Å²) in [5.74, 6) is -0.347. The van der Waals surface area contributed by atoms with Crippen LogP contribution in [0.1, 0.15) is 12.0 Å². The lowest BCUT2D eigenvalue weighted by Gasteiger charge is -2.14. The van der Waals surface area contributed by atoms with E-state index in [-0.39, 0.29) is 12.4 Å². The number of anilines is 2. The normalized spacial score (nSPS) is 11.3. The molecule has 0 fully saturated rings. The zero-order valence-corrected chi connectivity index (χ0v) is 14.8. The molecule has 2 heterocycles. The highest BCUT2D eigenvalue weighted by molar-refractivity contribution is 6.15. The molecule has 0 spiro atoms. The van der Waals surface area contributed by atoms with Gasteiger partial charge in [0.15, 0.2) is 0 Å². The molecule has 27 heavy (non-hydrogen) atoms. The first-order chi connectivity index (χ1) is 13.0. The summed E-state index contributed by atoms with van der Waals surface area (Å²) in [5, 5.41) is 10.8.